The third kappa shape index (κ3) is 5.60. The number of aliphatic imine (C=N–C) groups is 1. The van der Waals surface area contributed by atoms with Crippen molar-refractivity contribution in [3.63, 3.8) is 0 Å². The number of aromatic nitrogens is 1. The number of rotatable bonds is 7. The average molecular weight is 444 g/mol. The van der Waals surface area contributed by atoms with Crippen LogP contribution in [-0.4, -0.2) is 47.3 Å². The summed E-state index contributed by atoms with van der Waals surface area (Å²) in [4.78, 5) is 32.4. The van der Waals surface area contributed by atoms with Crippen molar-refractivity contribution in [3.05, 3.63) is 65.0 Å². The molecule has 1 unspecified atom stereocenters. The highest BCUT2D eigenvalue weighted by molar-refractivity contribution is 6.08. The molecule has 2 aromatic rings. The lowest BCUT2D eigenvalue weighted by Gasteiger charge is -2.21. The van der Waals surface area contributed by atoms with Crippen LogP contribution in [0, 0.1) is 17.2 Å². The fourth-order valence-corrected chi connectivity index (χ4v) is 4.18. The zero-order valence-electron chi connectivity index (χ0n) is 18.2. The van der Waals surface area contributed by atoms with Crippen molar-refractivity contribution in [2.45, 2.75) is 38.1 Å². The summed E-state index contributed by atoms with van der Waals surface area (Å²) in [7, 11) is 0. The van der Waals surface area contributed by atoms with Crippen molar-refractivity contribution in [2.24, 2.45) is 10.9 Å². The Kier molecular flexibility index (Phi) is 7.06. The first-order valence-corrected chi connectivity index (χ1v) is 11.1. The van der Waals surface area contributed by atoms with E-state index in [4.69, 9.17) is 9.84 Å². The summed E-state index contributed by atoms with van der Waals surface area (Å²) >= 11 is 0. The fraction of sp³-hybridized carbons (Fsp3) is 0.346. The number of carbonyl (C=O) groups excluding carboxylic acids is 1. The lowest BCUT2D eigenvalue weighted by atomic mass is 9.91. The van der Waals surface area contributed by atoms with Crippen LogP contribution in [0.5, 0.6) is 0 Å². The number of nitrogens with zero attached hydrogens (tertiary/aromatic N) is 3. The van der Waals surface area contributed by atoms with E-state index in [0.717, 1.165) is 37.3 Å². The second-order valence-corrected chi connectivity index (χ2v) is 8.43. The number of Topliss-reactive ketones (excluding diaryl/α,β-unsaturated/α-hetero) is 1. The molecule has 1 saturated heterocycles. The van der Waals surface area contributed by atoms with Crippen LogP contribution >= 0.6 is 0 Å². The van der Waals surface area contributed by atoms with Gasteiger partial charge in [-0.1, -0.05) is 30.3 Å². The third-order valence-electron chi connectivity index (χ3n) is 6.14. The Balaban J connectivity index is 1.43. The van der Waals surface area contributed by atoms with Crippen LogP contribution in [-0.2, 0) is 16.0 Å². The number of carboxylic acid groups (broad SMARTS) is 1. The molecule has 7 heteroatoms. The van der Waals surface area contributed by atoms with Crippen LogP contribution in [0.2, 0.25) is 0 Å². The van der Waals surface area contributed by atoms with Crippen LogP contribution < -0.4 is 0 Å². The summed E-state index contributed by atoms with van der Waals surface area (Å²) in [5, 5.41) is 18.7. The van der Waals surface area contributed by atoms with Crippen molar-refractivity contribution in [1.82, 2.24) is 4.98 Å². The van der Waals surface area contributed by atoms with E-state index in [1.807, 2.05) is 24.3 Å². The number of ketones is 1. The van der Waals surface area contributed by atoms with Crippen molar-refractivity contribution in [1.29, 1.82) is 5.26 Å². The predicted molar refractivity (Wildman–Crippen MR) is 123 cm³/mol. The molecule has 2 aliphatic heterocycles. The van der Waals surface area contributed by atoms with Gasteiger partial charge in [0.05, 0.1) is 23.2 Å². The molecular formula is C26H25N3O4. The Morgan fingerprint density at radius 3 is 2.58 bits per heavy atom. The number of nitriles is 1. The molecule has 0 aliphatic carbocycles. The van der Waals surface area contributed by atoms with Crippen molar-refractivity contribution >= 4 is 18.0 Å². The largest absolute Gasteiger partial charge is 0.478 e. The number of dihydropyridines is 1. The zero-order valence-corrected chi connectivity index (χ0v) is 18.2. The number of aliphatic carboxylic acids is 1. The summed E-state index contributed by atoms with van der Waals surface area (Å²) in [6.45, 7) is 1.45. The average Bonchev–Trinajstić information content (AvgIpc) is 2.85. The van der Waals surface area contributed by atoms with Gasteiger partial charge in [-0.25, -0.2) is 4.79 Å². The smallest absolute Gasteiger partial charge is 0.336 e. The number of carbonyl (C=O) groups is 2. The molecule has 0 amide bonds. The number of carboxylic acids is 1. The van der Waals surface area contributed by atoms with E-state index in [0.29, 0.717) is 41.9 Å². The van der Waals surface area contributed by atoms with Gasteiger partial charge in [0.1, 0.15) is 0 Å². The monoisotopic (exact) mass is 443 g/mol. The van der Waals surface area contributed by atoms with Crippen molar-refractivity contribution in [2.75, 3.05) is 13.2 Å². The van der Waals surface area contributed by atoms with Gasteiger partial charge in [0.25, 0.3) is 0 Å². The molecular weight excluding hydrogens is 418 g/mol. The molecule has 168 valence electrons. The standard InChI is InChI=1S/C26H25N3O4/c27-14-21-12-23(13-22-6-5-20(15-28-22)26(31)32)29-16-24(21)18-1-3-19(4-2-18)25(30)11-17-7-9-33-10-8-17/h1-5,12,15-17,22H,6-11,13H2,(H,31,32). The van der Waals surface area contributed by atoms with E-state index in [1.54, 1.807) is 18.3 Å². The second-order valence-electron chi connectivity index (χ2n) is 8.43. The SMILES string of the molecule is N#Cc1cc(CC2CC=C(C(=O)O)C=N2)ncc1-c1ccc(C(=O)CC2CCOCC2)cc1. The molecule has 1 atom stereocenters. The Morgan fingerprint density at radius 2 is 1.94 bits per heavy atom. The summed E-state index contributed by atoms with van der Waals surface area (Å²) in [5.74, 6) is -0.467. The van der Waals surface area contributed by atoms with E-state index in [-0.39, 0.29) is 17.4 Å². The van der Waals surface area contributed by atoms with Crippen LogP contribution in [0.1, 0.15) is 47.3 Å². The molecule has 0 saturated carbocycles. The molecule has 7 nitrogen and oxygen atoms in total. The van der Waals surface area contributed by atoms with Gasteiger partial charge in [-0.05, 0) is 36.8 Å². The highest BCUT2D eigenvalue weighted by Gasteiger charge is 2.19. The molecule has 0 radical (unpaired) electrons. The molecule has 33 heavy (non-hydrogen) atoms. The van der Waals surface area contributed by atoms with Crippen LogP contribution in [0.3, 0.4) is 0 Å². The van der Waals surface area contributed by atoms with E-state index in [2.05, 4.69) is 16.0 Å². The van der Waals surface area contributed by atoms with Gasteiger partial charge >= 0.3 is 5.97 Å². The molecule has 1 aromatic heterocycles. The maximum absolute atomic E-state index is 12.6. The third-order valence-corrected chi connectivity index (χ3v) is 6.14. The first kappa shape index (κ1) is 22.6. The van der Waals surface area contributed by atoms with Crippen LogP contribution in [0.25, 0.3) is 11.1 Å². The minimum Gasteiger partial charge on any atom is -0.478 e. The molecule has 1 aromatic carbocycles. The quantitative estimate of drug-likeness (QED) is 0.647. The molecule has 2 aliphatic rings. The first-order valence-electron chi connectivity index (χ1n) is 11.1. The van der Waals surface area contributed by atoms with Gasteiger partial charge in [0.2, 0.25) is 0 Å². The first-order chi connectivity index (χ1) is 16.0. The van der Waals surface area contributed by atoms with Gasteiger partial charge in [0, 0.05) is 55.3 Å². The Labute approximate surface area is 192 Å². The number of benzene rings is 1. The summed E-state index contributed by atoms with van der Waals surface area (Å²) in [5.41, 5.74) is 3.65. The lowest BCUT2D eigenvalue weighted by Crippen LogP contribution is -2.18. The number of hydrogen-bond acceptors (Lipinski definition) is 6. The van der Waals surface area contributed by atoms with Crippen molar-refractivity contribution < 1.29 is 19.4 Å². The Morgan fingerprint density at radius 1 is 1.18 bits per heavy atom. The molecule has 0 bridgehead atoms. The molecule has 1 fully saturated rings. The predicted octanol–water partition coefficient (Wildman–Crippen LogP) is 4.02. The van der Waals surface area contributed by atoms with Gasteiger partial charge in [-0.3, -0.25) is 14.8 Å². The summed E-state index contributed by atoms with van der Waals surface area (Å²) in [6.07, 6.45) is 8.15. The van der Waals surface area contributed by atoms with Gasteiger partial charge < -0.3 is 9.84 Å². The maximum atomic E-state index is 12.6. The van der Waals surface area contributed by atoms with Crippen LogP contribution in [0.15, 0.2) is 53.2 Å². The second kappa shape index (κ2) is 10.3. The van der Waals surface area contributed by atoms with E-state index < -0.39 is 5.97 Å². The highest BCUT2D eigenvalue weighted by Crippen LogP contribution is 2.26. The topological polar surface area (TPSA) is 113 Å². The molecule has 4 rings (SSSR count). The van der Waals surface area contributed by atoms with E-state index >= 15 is 0 Å². The van der Waals surface area contributed by atoms with Gasteiger partial charge in [-0.15, -0.1) is 0 Å². The fourth-order valence-electron chi connectivity index (χ4n) is 4.18. The number of hydrogen-bond donors (Lipinski definition) is 1. The van der Waals surface area contributed by atoms with Crippen LogP contribution in [0.4, 0.5) is 0 Å². The summed E-state index contributed by atoms with van der Waals surface area (Å²) < 4.78 is 5.36. The molecule has 3 heterocycles. The number of ether oxygens (including phenoxy) is 1. The minimum absolute atomic E-state index is 0.0981. The normalized spacial score (nSPS) is 18.4. The van der Waals surface area contributed by atoms with Gasteiger partial charge in [-0.2, -0.15) is 5.26 Å². The number of pyridine rings is 1. The summed E-state index contributed by atoms with van der Waals surface area (Å²) in [6, 6.07) is 11.2. The Bertz CT molecular complexity index is 1140. The van der Waals surface area contributed by atoms with E-state index in [1.165, 1.54) is 6.21 Å². The maximum Gasteiger partial charge on any atom is 0.336 e. The molecule has 0 spiro atoms. The highest BCUT2D eigenvalue weighted by atomic mass is 16.5. The lowest BCUT2D eigenvalue weighted by molar-refractivity contribution is -0.132. The molecule has 1 N–H and O–H groups in total. The Hall–Kier alpha value is -3.63. The van der Waals surface area contributed by atoms with E-state index in [9.17, 15) is 14.9 Å². The van der Waals surface area contributed by atoms with Gasteiger partial charge in [0.15, 0.2) is 5.78 Å². The van der Waals surface area contributed by atoms with Crippen molar-refractivity contribution in [3.8, 4) is 17.2 Å². The minimum atomic E-state index is -0.984. The zero-order chi connectivity index (χ0) is 23.2.